The molecule has 0 unspecified atom stereocenters. The van der Waals surface area contributed by atoms with E-state index in [1.807, 2.05) is 31.2 Å². The summed E-state index contributed by atoms with van der Waals surface area (Å²) in [7, 11) is 0. The van der Waals surface area contributed by atoms with Gasteiger partial charge in [0, 0.05) is 6.08 Å². The third-order valence-corrected chi connectivity index (χ3v) is 5.49. The summed E-state index contributed by atoms with van der Waals surface area (Å²) in [5, 5.41) is 18.1. The molecular weight excluding hydrogens is 486 g/mol. The minimum absolute atomic E-state index is 0.200. The number of hydrogen-bond donors (Lipinski definition) is 1. The summed E-state index contributed by atoms with van der Waals surface area (Å²) in [6, 6.07) is 11.0. The maximum absolute atomic E-state index is 13.0. The van der Waals surface area contributed by atoms with Gasteiger partial charge in [-0.3, -0.25) is 9.69 Å². The zero-order valence-electron chi connectivity index (χ0n) is 16.2. The number of hydrogen-bond acceptors (Lipinski definition) is 6. The van der Waals surface area contributed by atoms with Crippen LogP contribution in [0, 0.1) is 10.1 Å². The molecule has 4 rings (SSSR count). The van der Waals surface area contributed by atoms with Gasteiger partial charge in [-0.25, -0.2) is 0 Å². The van der Waals surface area contributed by atoms with Crippen molar-refractivity contribution in [3.63, 3.8) is 0 Å². The third-order valence-electron chi connectivity index (χ3n) is 4.65. The van der Waals surface area contributed by atoms with Gasteiger partial charge in [0.2, 0.25) is 0 Å². The SMILES string of the molecule is CCc1ccccc1N1C(=O)/C(=C\c2ccc(Cn3cc(Br)c([N+](=O)[O-])n3)o2)NC1=S. The number of carbonyl (C=O) groups excluding carboxylic acids is 1. The van der Waals surface area contributed by atoms with E-state index >= 15 is 0 Å². The molecule has 0 aliphatic carbocycles. The van der Waals surface area contributed by atoms with E-state index in [2.05, 4.69) is 26.3 Å². The standard InChI is InChI=1S/C20H16BrN5O4S/c1-2-12-5-3-4-6-17(12)25-19(27)16(22-20(25)31)9-13-7-8-14(30-13)10-24-11-15(21)18(23-24)26(28)29/h3-9,11H,2,10H2,1H3,(H,22,31)/b16-9+. The Morgan fingerprint density at radius 3 is 2.81 bits per heavy atom. The van der Waals surface area contributed by atoms with E-state index in [-0.39, 0.29) is 22.7 Å². The monoisotopic (exact) mass is 501 g/mol. The molecule has 3 heterocycles. The van der Waals surface area contributed by atoms with Gasteiger partial charge in [0.15, 0.2) is 5.11 Å². The predicted molar refractivity (Wildman–Crippen MR) is 121 cm³/mol. The van der Waals surface area contributed by atoms with Gasteiger partial charge in [-0.2, -0.15) is 4.68 Å². The molecule has 0 radical (unpaired) electrons. The van der Waals surface area contributed by atoms with E-state index < -0.39 is 4.92 Å². The van der Waals surface area contributed by atoms with Crippen LogP contribution < -0.4 is 10.2 Å². The van der Waals surface area contributed by atoms with Crippen molar-refractivity contribution < 1.29 is 14.1 Å². The van der Waals surface area contributed by atoms with Crippen molar-refractivity contribution in [2.24, 2.45) is 0 Å². The molecule has 31 heavy (non-hydrogen) atoms. The number of carbonyl (C=O) groups is 1. The van der Waals surface area contributed by atoms with Crippen LogP contribution in [0.1, 0.15) is 24.0 Å². The molecule has 11 heteroatoms. The van der Waals surface area contributed by atoms with Crippen molar-refractivity contribution in [3.8, 4) is 0 Å². The molecule has 0 saturated carbocycles. The topological polar surface area (TPSA) is 106 Å². The second kappa shape index (κ2) is 8.44. The molecule has 1 saturated heterocycles. The van der Waals surface area contributed by atoms with Gasteiger partial charge in [-0.05, 0) is 63.3 Å². The van der Waals surface area contributed by atoms with E-state index in [1.54, 1.807) is 18.2 Å². The number of furan rings is 1. The van der Waals surface area contributed by atoms with Crippen LogP contribution in [-0.4, -0.2) is 25.7 Å². The van der Waals surface area contributed by atoms with Gasteiger partial charge in [0.25, 0.3) is 5.91 Å². The fourth-order valence-electron chi connectivity index (χ4n) is 3.23. The van der Waals surface area contributed by atoms with Gasteiger partial charge in [-0.15, -0.1) is 0 Å². The minimum atomic E-state index is -0.568. The number of para-hydroxylation sites is 1. The molecule has 2 aromatic heterocycles. The maximum atomic E-state index is 13.0. The molecule has 1 aliphatic heterocycles. The Morgan fingerprint density at radius 1 is 1.32 bits per heavy atom. The first-order valence-corrected chi connectivity index (χ1v) is 10.5. The van der Waals surface area contributed by atoms with Gasteiger partial charge in [0.05, 0.1) is 17.0 Å². The number of aromatic nitrogens is 2. The normalized spacial score (nSPS) is 15.0. The average molecular weight is 502 g/mol. The number of amides is 1. The van der Waals surface area contributed by atoms with Crippen LogP contribution in [-0.2, 0) is 17.8 Å². The Labute approximate surface area is 190 Å². The number of aryl methyl sites for hydroxylation is 1. The summed E-state index contributed by atoms with van der Waals surface area (Å²) in [5.41, 5.74) is 2.07. The van der Waals surface area contributed by atoms with Crippen LogP contribution in [0.15, 0.2) is 57.2 Å². The molecule has 1 fully saturated rings. The van der Waals surface area contributed by atoms with Crippen molar-refractivity contribution in [2.75, 3.05) is 4.90 Å². The molecule has 3 aromatic rings. The molecule has 0 spiro atoms. The highest BCUT2D eigenvalue weighted by molar-refractivity contribution is 9.10. The molecule has 0 bridgehead atoms. The number of anilines is 1. The Balaban J connectivity index is 1.54. The van der Waals surface area contributed by atoms with Crippen LogP contribution in [0.3, 0.4) is 0 Å². The zero-order valence-corrected chi connectivity index (χ0v) is 18.6. The van der Waals surface area contributed by atoms with Crippen molar-refractivity contribution >= 4 is 56.7 Å². The fourth-order valence-corrected chi connectivity index (χ4v) is 3.98. The second-order valence-corrected chi connectivity index (χ2v) is 7.91. The lowest BCUT2D eigenvalue weighted by Crippen LogP contribution is -2.31. The number of nitrogens with one attached hydrogen (secondary N) is 1. The zero-order chi connectivity index (χ0) is 22.1. The summed E-state index contributed by atoms with van der Waals surface area (Å²) < 4.78 is 7.44. The Bertz CT molecular complexity index is 1230. The number of benzene rings is 1. The Hall–Kier alpha value is -3.31. The van der Waals surface area contributed by atoms with Crippen LogP contribution >= 0.6 is 28.1 Å². The quantitative estimate of drug-likeness (QED) is 0.235. The summed E-state index contributed by atoms with van der Waals surface area (Å²) in [6.45, 7) is 2.22. The van der Waals surface area contributed by atoms with Crippen molar-refractivity contribution in [1.29, 1.82) is 0 Å². The first-order chi connectivity index (χ1) is 14.9. The lowest BCUT2D eigenvalue weighted by Gasteiger charge is -2.17. The molecule has 1 N–H and O–H groups in total. The Kier molecular flexibility index (Phi) is 5.70. The summed E-state index contributed by atoms with van der Waals surface area (Å²) in [4.78, 5) is 24.8. The highest BCUT2D eigenvalue weighted by Gasteiger charge is 2.33. The van der Waals surface area contributed by atoms with Crippen LogP contribution in [0.4, 0.5) is 11.5 Å². The average Bonchev–Trinajstić information content (AvgIpc) is 3.40. The van der Waals surface area contributed by atoms with Crippen LogP contribution in [0.25, 0.3) is 6.08 Å². The maximum Gasteiger partial charge on any atom is 0.404 e. The molecule has 1 aliphatic rings. The first-order valence-electron chi connectivity index (χ1n) is 9.28. The molecule has 9 nitrogen and oxygen atoms in total. The van der Waals surface area contributed by atoms with E-state index in [9.17, 15) is 14.9 Å². The number of nitro groups is 1. The van der Waals surface area contributed by atoms with Gasteiger partial charge in [0.1, 0.15) is 28.2 Å². The van der Waals surface area contributed by atoms with E-state index in [0.29, 0.717) is 22.3 Å². The van der Waals surface area contributed by atoms with Crippen LogP contribution in [0.2, 0.25) is 0 Å². The van der Waals surface area contributed by atoms with Crippen molar-refractivity contribution in [1.82, 2.24) is 15.1 Å². The van der Waals surface area contributed by atoms with E-state index in [4.69, 9.17) is 16.6 Å². The number of thiocarbonyl (C=S) groups is 1. The molecule has 158 valence electrons. The minimum Gasteiger partial charge on any atom is -0.460 e. The van der Waals surface area contributed by atoms with E-state index in [1.165, 1.54) is 15.8 Å². The number of rotatable bonds is 6. The van der Waals surface area contributed by atoms with Gasteiger partial charge < -0.3 is 19.8 Å². The third kappa shape index (κ3) is 4.14. The fraction of sp³-hybridized carbons (Fsp3) is 0.150. The van der Waals surface area contributed by atoms with Gasteiger partial charge in [-0.1, -0.05) is 25.1 Å². The van der Waals surface area contributed by atoms with Gasteiger partial charge >= 0.3 is 5.82 Å². The number of nitrogens with zero attached hydrogens (tertiary/aromatic N) is 4. The second-order valence-electron chi connectivity index (χ2n) is 6.67. The summed E-state index contributed by atoms with van der Waals surface area (Å²) in [5.74, 6) is 0.434. The lowest BCUT2D eigenvalue weighted by atomic mass is 10.1. The van der Waals surface area contributed by atoms with Crippen LogP contribution in [0.5, 0.6) is 0 Å². The number of halogens is 1. The summed E-state index contributed by atoms with van der Waals surface area (Å²) >= 11 is 8.49. The first kappa shape index (κ1) is 20.9. The van der Waals surface area contributed by atoms with E-state index in [0.717, 1.165) is 17.7 Å². The molecule has 1 aromatic carbocycles. The summed E-state index contributed by atoms with van der Waals surface area (Å²) in [6.07, 6.45) is 3.85. The lowest BCUT2D eigenvalue weighted by molar-refractivity contribution is -0.390. The molecular formula is C20H16BrN5O4S. The highest BCUT2D eigenvalue weighted by atomic mass is 79.9. The highest BCUT2D eigenvalue weighted by Crippen LogP contribution is 2.27. The molecule has 0 atom stereocenters. The largest absolute Gasteiger partial charge is 0.460 e. The van der Waals surface area contributed by atoms with Crippen molar-refractivity contribution in [3.05, 3.63) is 80.0 Å². The predicted octanol–water partition coefficient (Wildman–Crippen LogP) is 4.02. The Morgan fingerprint density at radius 2 is 2.10 bits per heavy atom. The molecule has 1 amide bonds. The smallest absolute Gasteiger partial charge is 0.404 e. The van der Waals surface area contributed by atoms with Crippen molar-refractivity contribution in [2.45, 2.75) is 19.9 Å².